The monoisotopic (exact) mass is 387 g/mol. The summed E-state index contributed by atoms with van der Waals surface area (Å²) in [4.78, 5) is 16.6. The number of carbonyl (C=O) groups excluding carboxylic acids is 1. The van der Waals surface area contributed by atoms with Gasteiger partial charge in [-0.2, -0.15) is 4.98 Å². The van der Waals surface area contributed by atoms with Crippen LogP contribution in [0.15, 0.2) is 53.1 Å². The van der Waals surface area contributed by atoms with E-state index in [0.29, 0.717) is 22.3 Å². The molecule has 0 amide bonds. The van der Waals surface area contributed by atoms with E-state index in [9.17, 15) is 9.90 Å². The minimum Gasteiger partial charge on any atom is -0.508 e. The number of hydrogen-bond donors (Lipinski definition) is 2. The van der Waals surface area contributed by atoms with Gasteiger partial charge in [0.25, 0.3) is 0 Å². The van der Waals surface area contributed by atoms with Crippen LogP contribution in [0.3, 0.4) is 0 Å². The fourth-order valence-electron chi connectivity index (χ4n) is 2.50. The van der Waals surface area contributed by atoms with Crippen LogP contribution in [0.25, 0.3) is 11.4 Å². The van der Waals surface area contributed by atoms with Gasteiger partial charge in [0.05, 0.1) is 13.2 Å². The molecular formula is C19H18ClN3O4. The van der Waals surface area contributed by atoms with Crippen molar-refractivity contribution < 1.29 is 19.2 Å². The van der Waals surface area contributed by atoms with Gasteiger partial charge in [-0.3, -0.25) is 5.32 Å². The van der Waals surface area contributed by atoms with E-state index in [-0.39, 0.29) is 18.9 Å². The standard InChI is InChI=1S/C19H18ClN3O4/c1-2-26-19(25)17(13-4-3-5-15(24)10-13)21-11-16-22-18(23-27-16)12-6-8-14(20)9-7-12/h3-10,17,21,24H,2,11H2,1H3/t17-/m1/s1. The smallest absolute Gasteiger partial charge is 0.327 e. The van der Waals surface area contributed by atoms with Crippen molar-refractivity contribution >= 4 is 17.6 Å². The first-order valence-corrected chi connectivity index (χ1v) is 8.72. The summed E-state index contributed by atoms with van der Waals surface area (Å²) in [5.74, 6) is 0.342. The molecule has 0 saturated carbocycles. The molecule has 3 aromatic rings. The first-order chi connectivity index (χ1) is 13.1. The number of aromatic hydroxyl groups is 1. The fourth-order valence-corrected chi connectivity index (χ4v) is 2.63. The predicted octanol–water partition coefficient (Wildman–Crippen LogP) is 3.49. The molecule has 140 valence electrons. The van der Waals surface area contributed by atoms with E-state index in [0.717, 1.165) is 5.56 Å². The van der Waals surface area contributed by atoms with E-state index in [1.54, 1.807) is 43.3 Å². The zero-order valence-electron chi connectivity index (χ0n) is 14.6. The number of hydrogen-bond acceptors (Lipinski definition) is 7. The molecular weight excluding hydrogens is 370 g/mol. The van der Waals surface area contributed by atoms with Crippen molar-refractivity contribution in [3.8, 4) is 17.1 Å². The summed E-state index contributed by atoms with van der Waals surface area (Å²) in [5.41, 5.74) is 1.34. The molecule has 3 rings (SSSR count). The third kappa shape index (κ3) is 4.84. The number of nitrogens with one attached hydrogen (secondary N) is 1. The van der Waals surface area contributed by atoms with Gasteiger partial charge in [0, 0.05) is 10.6 Å². The first kappa shape index (κ1) is 18.9. The van der Waals surface area contributed by atoms with E-state index in [2.05, 4.69) is 15.5 Å². The van der Waals surface area contributed by atoms with Gasteiger partial charge in [-0.25, -0.2) is 4.79 Å². The number of esters is 1. The highest BCUT2D eigenvalue weighted by atomic mass is 35.5. The van der Waals surface area contributed by atoms with Gasteiger partial charge >= 0.3 is 5.97 Å². The number of rotatable bonds is 7. The van der Waals surface area contributed by atoms with Crippen molar-refractivity contribution in [2.24, 2.45) is 0 Å². The molecule has 1 aromatic heterocycles. The average molecular weight is 388 g/mol. The van der Waals surface area contributed by atoms with E-state index in [1.165, 1.54) is 12.1 Å². The summed E-state index contributed by atoms with van der Waals surface area (Å²) in [5, 5.41) is 17.3. The Kier molecular flexibility index (Phi) is 6.05. The highest BCUT2D eigenvalue weighted by molar-refractivity contribution is 6.30. The maximum atomic E-state index is 12.3. The number of ether oxygens (including phenoxy) is 1. The van der Waals surface area contributed by atoms with Crippen LogP contribution in [0.4, 0.5) is 0 Å². The quantitative estimate of drug-likeness (QED) is 0.599. The largest absolute Gasteiger partial charge is 0.508 e. The lowest BCUT2D eigenvalue weighted by Gasteiger charge is -2.16. The number of aromatic nitrogens is 2. The van der Waals surface area contributed by atoms with Gasteiger partial charge in [0.2, 0.25) is 11.7 Å². The molecule has 7 nitrogen and oxygen atoms in total. The van der Waals surface area contributed by atoms with Crippen molar-refractivity contribution in [1.29, 1.82) is 0 Å². The highest BCUT2D eigenvalue weighted by Gasteiger charge is 2.23. The van der Waals surface area contributed by atoms with Gasteiger partial charge in [0.1, 0.15) is 11.8 Å². The maximum absolute atomic E-state index is 12.3. The van der Waals surface area contributed by atoms with E-state index in [4.69, 9.17) is 20.9 Å². The number of phenolic OH excluding ortho intramolecular Hbond substituents is 1. The number of nitrogens with zero attached hydrogens (tertiary/aromatic N) is 2. The number of halogens is 1. The molecule has 0 radical (unpaired) electrons. The van der Waals surface area contributed by atoms with E-state index in [1.807, 2.05) is 0 Å². The van der Waals surface area contributed by atoms with E-state index >= 15 is 0 Å². The Morgan fingerprint density at radius 3 is 2.78 bits per heavy atom. The van der Waals surface area contributed by atoms with Crippen LogP contribution >= 0.6 is 11.6 Å². The third-order valence-corrected chi connectivity index (χ3v) is 4.01. The van der Waals surface area contributed by atoms with Crippen LogP contribution in [0.1, 0.15) is 24.4 Å². The summed E-state index contributed by atoms with van der Waals surface area (Å²) in [6.07, 6.45) is 0. The van der Waals surface area contributed by atoms with Crippen molar-refractivity contribution in [3.63, 3.8) is 0 Å². The van der Waals surface area contributed by atoms with Gasteiger partial charge in [0.15, 0.2) is 0 Å². The average Bonchev–Trinajstić information content (AvgIpc) is 3.12. The van der Waals surface area contributed by atoms with Crippen LogP contribution in [0, 0.1) is 0 Å². The van der Waals surface area contributed by atoms with Crippen LogP contribution in [0.2, 0.25) is 5.02 Å². The molecule has 0 aliphatic rings. The van der Waals surface area contributed by atoms with Gasteiger partial charge in [-0.15, -0.1) is 0 Å². The molecule has 0 saturated heterocycles. The molecule has 1 atom stereocenters. The maximum Gasteiger partial charge on any atom is 0.327 e. The van der Waals surface area contributed by atoms with Gasteiger partial charge < -0.3 is 14.4 Å². The Bertz CT molecular complexity index is 911. The summed E-state index contributed by atoms with van der Waals surface area (Å²) >= 11 is 5.88. The lowest BCUT2D eigenvalue weighted by Crippen LogP contribution is -2.30. The van der Waals surface area contributed by atoms with E-state index < -0.39 is 12.0 Å². The predicted molar refractivity (Wildman–Crippen MR) is 99.1 cm³/mol. The second-order valence-electron chi connectivity index (χ2n) is 5.68. The van der Waals surface area contributed by atoms with Crippen molar-refractivity contribution in [2.45, 2.75) is 19.5 Å². The Morgan fingerprint density at radius 2 is 2.07 bits per heavy atom. The third-order valence-electron chi connectivity index (χ3n) is 3.75. The Labute approximate surface area is 160 Å². The molecule has 0 bridgehead atoms. The number of benzene rings is 2. The lowest BCUT2D eigenvalue weighted by molar-refractivity contribution is -0.145. The van der Waals surface area contributed by atoms with Gasteiger partial charge in [-0.05, 0) is 48.9 Å². The minimum atomic E-state index is -0.775. The van der Waals surface area contributed by atoms with Crippen LogP contribution in [0.5, 0.6) is 5.75 Å². The zero-order valence-corrected chi connectivity index (χ0v) is 15.3. The molecule has 8 heteroatoms. The second kappa shape index (κ2) is 8.66. The number of carbonyl (C=O) groups is 1. The van der Waals surface area contributed by atoms with Crippen molar-refractivity contribution in [3.05, 3.63) is 65.0 Å². The minimum absolute atomic E-state index is 0.0615. The molecule has 27 heavy (non-hydrogen) atoms. The Hall–Kier alpha value is -2.90. The Morgan fingerprint density at radius 1 is 1.30 bits per heavy atom. The van der Waals surface area contributed by atoms with Crippen molar-refractivity contribution in [2.75, 3.05) is 6.61 Å². The molecule has 0 aliphatic heterocycles. The summed E-state index contributed by atoms with van der Waals surface area (Å²) < 4.78 is 10.4. The first-order valence-electron chi connectivity index (χ1n) is 8.34. The summed E-state index contributed by atoms with van der Waals surface area (Å²) in [6.45, 7) is 2.13. The molecule has 0 unspecified atom stereocenters. The SMILES string of the molecule is CCOC(=O)[C@H](NCc1nc(-c2ccc(Cl)cc2)no1)c1cccc(O)c1. The fraction of sp³-hybridized carbons (Fsp3) is 0.211. The molecule has 0 aliphatic carbocycles. The van der Waals surface area contributed by atoms with Gasteiger partial charge in [-0.1, -0.05) is 28.9 Å². The molecule has 2 N–H and O–H groups in total. The highest BCUT2D eigenvalue weighted by Crippen LogP contribution is 2.21. The summed E-state index contributed by atoms with van der Waals surface area (Å²) in [6, 6.07) is 12.7. The molecule has 0 fully saturated rings. The van der Waals surface area contributed by atoms with Crippen molar-refractivity contribution in [1.82, 2.24) is 15.5 Å². The van der Waals surface area contributed by atoms with Crippen LogP contribution in [-0.4, -0.2) is 27.8 Å². The molecule has 1 heterocycles. The summed E-state index contributed by atoms with van der Waals surface area (Å²) in [7, 11) is 0. The topological polar surface area (TPSA) is 97.5 Å². The second-order valence-corrected chi connectivity index (χ2v) is 6.12. The zero-order chi connectivity index (χ0) is 19.2. The normalized spacial score (nSPS) is 11.9. The van der Waals surface area contributed by atoms with Crippen LogP contribution < -0.4 is 5.32 Å². The molecule has 0 spiro atoms. The lowest BCUT2D eigenvalue weighted by atomic mass is 10.1. The number of phenols is 1. The van der Waals surface area contributed by atoms with Crippen LogP contribution in [-0.2, 0) is 16.1 Å². The molecule has 2 aromatic carbocycles. The Balaban J connectivity index is 1.73.